The molecule has 0 heterocycles. The summed E-state index contributed by atoms with van der Waals surface area (Å²) >= 11 is 1.96. The first kappa shape index (κ1) is 12.4. The van der Waals surface area contributed by atoms with Gasteiger partial charge in [-0.25, -0.2) is 0 Å². The monoisotopic (exact) mass is 215 g/mol. The fourth-order valence-corrected chi connectivity index (χ4v) is 2.57. The van der Waals surface area contributed by atoms with Crippen molar-refractivity contribution in [2.75, 3.05) is 25.1 Å². The Morgan fingerprint density at radius 2 is 2.07 bits per heavy atom. The normalized spacial score (nSPS) is 18.4. The zero-order valence-corrected chi connectivity index (χ0v) is 10.6. The van der Waals surface area contributed by atoms with Gasteiger partial charge in [0.15, 0.2) is 0 Å². The molecule has 0 aromatic heterocycles. The summed E-state index contributed by atoms with van der Waals surface area (Å²) in [4.78, 5) is 0. The van der Waals surface area contributed by atoms with Gasteiger partial charge >= 0.3 is 0 Å². The molecule has 1 rings (SSSR count). The molecule has 0 spiro atoms. The molecule has 0 radical (unpaired) electrons. The van der Waals surface area contributed by atoms with Crippen LogP contribution in [0.5, 0.6) is 0 Å². The van der Waals surface area contributed by atoms with Gasteiger partial charge in [0, 0.05) is 6.54 Å². The molecular formula is C12H25NS. The standard InChI is InChI=1S/C12H25NS/c1-3-6-12(7-8-12)11-13-9-4-5-10-14-2/h13H,3-11H2,1-2H3. The first-order chi connectivity index (χ1) is 6.83. The van der Waals surface area contributed by atoms with Crippen LogP contribution in [-0.2, 0) is 0 Å². The van der Waals surface area contributed by atoms with Gasteiger partial charge in [0.2, 0.25) is 0 Å². The summed E-state index contributed by atoms with van der Waals surface area (Å²) in [6, 6.07) is 0. The van der Waals surface area contributed by atoms with Crippen molar-refractivity contribution in [3.63, 3.8) is 0 Å². The second-order valence-corrected chi connectivity index (χ2v) is 5.61. The van der Waals surface area contributed by atoms with E-state index in [0.29, 0.717) is 0 Å². The Hall–Kier alpha value is 0.310. The Morgan fingerprint density at radius 3 is 2.64 bits per heavy atom. The highest BCUT2D eigenvalue weighted by atomic mass is 32.2. The molecule has 1 fully saturated rings. The van der Waals surface area contributed by atoms with Crippen LogP contribution in [-0.4, -0.2) is 25.1 Å². The van der Waals surface area contributed by atoms with E-state index >= 15 is 0 Å². The maximum absolute atomic E-state index is 3.62. The molecule has 1 saturated carbocycles. The molecule has 1 N–H and O–H groups in total. The highest BCUT2D eigenvalue weighted by Gasteiger charge is 2.40. The molecule has 0 aromatic rings. The number of unbranched alkanes of at least 4 members (excludes halogenated alkanes) is 1. The Labute approximate surface area is 93.4 Å². The lowest BCUT2D eigenvalue weighted by Gasteiger charge is -2.14. The fourth-order valence-electron chi connectivity index (χ4n) is 2.07. The molecule has 0 bridgehead atoms. The lowest BCUT2D eigenvalue weighted by atomic mass is 10.0. The van der Waals surface area contributed by atoms with Crippen molar-refractivity contribution in [1.29, 1.82) is 0 Å². The third-order valence-electron chi connectivity index (χ3n) is 3.19. The summed E-state index contributed by atoms with van der Waals surface area (Å²) in [6.07, 6.45) is 10.6. The minimum atomic E-state index is 0.730. The van der Waals surface area contributed by atoms with Crippen LogP contribution in [0.4, 0.5) is 0 Å². The number of rotatable bonds is 9. The third kappa shape index (κ3) is 4.70. The van der Waals surface area contributed by atoms with Gasteiger partial charge in [-0.1, -0.05) is 13.3 Å². The van der Waals surface area contributed by atoms with Crippen molar-refractivity contribution in [3.8, 4) is 0 Å². The largest absolute Gasteiger partial charge is 0.316 e. The van der Waals surface area contributed by atoms with Gasteiger partial charge < -0.3 is 5.32 Å². The second-order valence-electron chi connectivity index (χ2n) is 4.63. The summed E-state index contributed by atoms with van der Waals surface area (Å²) < 4.78 is 0. The zero-order valence-electron chi connectivity index (χ0n) is 9.77. The minimum Gasteiger partial charge on any atom is -0.316 e. The van der Waals surface area contributed by atoms with E-state index in [1.54, 1.807) is 0 Å². The zero-order chi connectivity index (χ0) is 10.3. The smallest absolute Gasteiger partial charge is 0.000781 e. The number of hydrogen-bond acceptors (Lipinski definition) is 2. The van der Waals surface area contributed by atoms with Crippen LogP contribution >= 0.6 is 11.8 Å². The van der Waals surface area contributed by atoms with Crippen LogP contribution in [0.25, 0.3) is 0 Å². The van der Waals surface area contributed by atoms with Crippen molar-refractivity contribution in [1.82, 2.24) is 5.32 Å². The fraction of sp³-hybridized carbons (Fsp3) is 1.00. The SMILES string of the molecule is CCCC1(CNCCCCSC)CC1. The minimum absolute atomic E-state index is 0.730. The Balaban J connectivity index is 1.88. The van der Waals surface area contributed by atoms with Crippen molar-refractivity contribution in [2.24, 2.45) is 5.41 Å². The van der Waals surface area contributed by atoms with Crippen LogP contribution < -0.4 is 5.32 Å². The number of hydrogen-bond donors (Lipinski definition) is 1. The first-order valence-corrected chi connectivity index (χ1v) is 7.42. The summed E-state index contributed by atoms with van der Waals surface area (Å²) in [5, 5.41) is 3.62. The molecule has 1 aliphatic rings. The van der Waals surface area contributed by atoms with Crippen LogP contribution in [0.15, 0.2) is 0 Å². The predicted molar refractivity (Wildman–Crippen MR) is 67.1 cm³/mol. The molecule has 0 amide bonds. The van der Waals surface area contributed by atoms with E-state index < -0.39 is 0 Å². The van der Waals surface area contributed by atoms with Crippen LogP contribution in [0.2, 0.25) is 0 Å². The maximum atomic E-state index is 3.62. The average Bonchev–Trinajstić information content (AvgIpc) is 2.93. The Bertz CT molecular complexity index is 143. The van der Waals surface area contributed by atoms with Gasteiger partial charge in [-0.05, 0) is 56.1 Å². The lowest BCUT2D eigenvalue weighted by Crippen LogP contribution is -2.24. The van der Waals surface area contributed by atoms with Gasteiger partial charge in [-0.15, -0.1) is 0 Å². The van der Waals surface area contributed by atoms with E-state index in [1.165, 1.54) is 57.4 Å². The van der Waals surface area contributed by atoms with Gasteiger partial charge in [0.1, 0.15) is 0 Å². The van der Waals surface area contributed by atoms with Crippen molar-refractivity contribution in [2.45, 2.75) is 45.4 Å². The molecule has 0 atom stereocenters. The molecular weight excluding hydrogens is 190 g/mol. The van der Waals surface area contributed by atoms with E-state index in [-0.39, 0.29) is 0 Å². The van der Waals surface area contributed by atoms with Gasteiger partial charge in [0.05, 0.1) is 0 Å². The van der Waals surface area contributed by atoms with E-state index in [9.17, 15) is 0 Å². The maximum Gasteiger partial charge on any atom is 0.000781 e. The molecule has 0 unspecified atom stereocenters. The van der Waals surface area contributed by atoms with Crippen LogP contribution in [0.3, 0.4) is 0 Å². The Morgan fingerprint density at radius 1 is 1.29 bits per heavy atom. The number of nitrogens with one attached hydrogen (secondary N) is 1. The third-order valence-corrected chi connectivity index (χ3v) is 3.89. The highest BCUT2D eigenvalue weighted by Crippen LogP contribution is 2.48. The van der Waals surface area contributed by atoms with Crippen LogP contribution in [0.1, 0.15) is 45.4 Å². The average molecular weight is 215 g/mol. The molecule has 1 aliphatic carbocycles. The van der Waals surface area contributed by atoms with E-state index in [2.05, 4.69) is 18.5 Å². The Kier molecular flexibility index (Phi) is 5.95. The quantitative estimate of drug-likeness (QED) is 0.592. The molecule has 84 valence electrons. The molecule has 2 heteroatoms. The number of thioether (sulfide) groups is 1. The van der Waals surface area contributed by atoms with Crippen LogP contribution in [0, 0.1) is 5.41 Å². The van der Waals surface area contributed by atoms with Gasteiger partial charge in [0.25, 0.3) is 0 Å². The summed E-state index contributed by atoms with van der Waals surface area (Å²) in [6.45, 7) is 4.81. The molecule has 0 aliphatic heterocycles. The van der Waals surface area contributed by atoms with E-state index in [4.69, 9.17) is 0 Å². The summed E-state index contributed by atoms with van der Waals surface area (Å²) in [5.41, 5.74) is 0.730. The lowest BCUT2D eigenvalue weighted by molar-refractivity contribution is 0.419. The topological polar surface area (TPSA) is 12.0 Å². The van der Waals surface area contributed by atoms with E-state index in [0.717, 1.165) is 5.41 Å². The van der Waals surface area contributed by atoms with Crippen molar-refractivity contribution >= 4 is 11.8 Å². The van der Waals surface area contributed by atoms with Gasteiger partial charge in [-0.3, -0.25) is 0 Å². The van der Waals surface area contributed by atoms with Crippen molar-refractivity contribution in [3.05, 3.63) is 0 Å². The summed E-state index contributed by atoms with van der Waals surface area (Å²) in [7, 11) is 0. The molecule has 0 saturated heterocycles. The van der Waals surface area contributed by atoms with E-state index in [1.807, 2.05) is 11.8 Å². The molecule has 0 aromatic carbocycles. The summed E-state index contributed by atoms with van der Waals surface area (Å²) in [5.74, 6) is 1.32. The van der Waals surface area contributed by atoms with Crippen molar-refractivity contribution < 1.29 is 0 Å². The first-order valence-electron chi connectivity index (χ1n) is 6.03. The second kappa shape index (κ2) is 6.73. The predicted octanol–water partition coefficient (Wildman–Crippen LogP) is 3.30. The molecule has 1 nitrogen and oxygen atoms in total. The molecule has 14 heavy (non-hydrogen) atoms. The van der Waals surface area contributed by atoms with Gasteiger partial charge in [-0.2, -0.15) is 11.8 Å². The highest BCUT2D eigenvalue weighted by molar-refractivity contribution is 7.98.